The highest BCUT2D eigenvalue weighted by molar-refractivity contribution is 7.89. The number of nitrogens with two attached hydrogens (primary N) is 1. The van der Waals surface area contributed by atoms with Crippen molar-refractivity contribution >= 4 is 15.7 Å². The SMILES string of the molecule is CC(C)C(C)N(C)S(=O)(=O)c1ccc(NN)cc1. The van der Waals surface area contributed by atoms with Gasteiger partial charge in [0.15, 0.2) is 0 Å². The third kappa shape index (κ3) is 3.01. The number of sulfonamides is 1. The summed E-state index contributed by atoms with van der Waals surface area (Å²) in [5.41, 5.74) is 3.14. The Kier molecular flexibility index (Phi) is 4.72. The maximum Gasteiger partial charge on any atom is 0.243 e. The molecule has 1 rings (SSSR count). The number of nitrogens with zero attached hydrogens (tertiary/aromatic N) is 1. The highest BCUT2D eigenvalue weighted by Crippen LogP contribution is 2.21. The van der Waals surface area contributed by atoms with Crippen molar-refractivity contribution in [3.8, 4) is 0 Å². The van der Waals surface area contributed by atoms with Crippen LogP contribution in [-0.2, 0) is 10.0 Å². The third-order valence-corrected chi connectivity index (χ3v) is 5.19. The second-order valence-electron chi connectivity index (χ2n) is 4.67. The van der Waals surface area contributed by atoms with Crippen molar-refractivity contribution in [2.24, 2.45) is 11.8 Å². The molecule has 1 aromatic carbocycles. The Balaban J connectivity index is 3.05. The minimum Gasteiger partial charge on any atom is -0.324 e. The van der Waals surface area contributed by atoms with Crippen molar-refractivity contribution in [1.82, 2.24) is 4.31 Å². The first kappa shape index (κ1) is 14.9. The van der Waals surface area contributed by atoms with Gasteiger partial charge in [-0.05, 0) is 37.1 Å². The smallest absolute Gasteiger partial charge is 0.243 e. The lowest BCUT2D eigenvalue weighted by Gasteiger charge is -2.27. The van der Waals surface area contributed by atoms with Crippen LogP contribution in [-0.4, -0.2) is 25.8 Å². The van der Waals surface area contributed by atoms with E-state index in [1.807, 2.05) is 20.8 Å². The van der Waals surface area contributed by atoms with E-state index in [-0.39, 0.29) is 16.9 Å². The maximum atomic E-state index is 12.4. The van der Waals surface area contributed by atoms with Gasteiger partial charge < -0.3 is 5.43 Å². The summed E-state index contributed by atoms with van der Waals surface area (Å²) in [6, 6.07) is 6.33. The Bertz CT molecular complexity index is 483. The first-order valence-corrected chi connectivity index (χ1v) is 7.29. The topological polar surface area (TPSA) is 75.4 Å². The Hall–Kier alpha value is -1.11. The molecule has 0 amide bonds. The molecule has 0 aliphatic carbocycles. The zero-order chi connectivity index (χ0) is 13.9. The molecule has 0 radical (unpaired) electrons. The first-order chi connectivity index (χ1) is 8.30. The molecule has 0 aromatic heterocycles. The average molecular weight is 271 g/mol. The molecule has 1 aromatic rings. The Morgan fingerprint density at radius 3 is 2.06 bits per heavy atom. The minimum absolute atomic E-state index is 0.0534. The van der Waals surface area contributed by atoms with Crippen molar-refractivity contribution in [2.75, 3.05) is 12.5 Å². The molecule has 0 aliphatic heterocycles. The summed E-state index contributed by atoms with van der Waals surface area (Å²) in [6.45, 7) is 5.90. The van der Waals surface area contributed by atoms with Crippen LogP contribution in [0.5, 0.6) is 0 Å². The monoisotopic (exact) mass is 271 g/mol. The lowest BCUT2D eigenvalue weighted by Crippen LogP contribution is -2.38. The predicted octanol–water partition coefficient (Wildman–Crippen LogP) is 1.64. The molecule has 0 saturated carbocycles. The van der Waals surface area contributed by atoms with E-state index in [9.17, 15) is 8.42 Å². The Morgan fingerprint density at radius 2 is 1.67 bits per heavy atom. The lowest BCUT2D eigenvalue weighted by atomic mass is 10.1. The molecule has 3 N–H and O–H groups in total. The Morgan fingerprint density at radius 1 is 1.17 bits per heavy atom. The number of hydrogen-bond donors (Lipinski definition) is 2. The molecule has 102 valence electrons. The molecule has 0 saturated heterocycles. The van der Waals surface area contributed by atoms with Crippen molar-refractivity contribution in [2.45, 2.75) is 31.7 Å². The average Bonchev–Trinajstić information content (AvgIpc) is 2.36. The first-order valence-electron chi connectivity index (χ1n) is 5.85. The van der Waals surface area contributed by atoms with E-state index in [1.54, 1.807) is 31.3 Å². The van der Waals surface area contributed by atoms with Gasteiger partial charge in [-0.2, -0.15) is 4.31 Å². The van der Waals surface area contributed by atoms with Gasteiger partial charge in [-0.3, -0.25) is 5.84 Å². The fourth-order valence-corrected chi connectivity index (χ4v) is 3.02. The molecule has 18 heavy (non-hydrogen) atoms. The number of benzene rings is 1. The number of hydrogen-bond acceptors (Lipinski definition) is 4. The molecule has 6 heteroatoms. The van der Waals surface area contributed by atoms with Gasteiger partial charge in [-0.25, -0.2) is 8.42 Å². The fourth-order valence-electron chi connectivity index (χ4n) is 1.53. The molecule has 0 bridgehead atoms. The number of hydrazine groups is 1. The van der Waals surface area contributed by atoms with Crippen molar-refractivity contribution < 1.29 is 8.42 Å². The molecular weight excluding hydrogens is 250 g/mol. The van der Waals surface area contributed by atoms with E-state index < -0.39 is 10.0 Å². The van der Waals surface area contributed by atoms with Crippen LogP contribution in [0.4, 0.5) is 5.69 Å². The second-order valence-corrected chi connectivity index (χ2v) is 6.67. The zero-order valence-electron chi connectivity index (χ0n) is 11.2. The van der Waals surface area contributed by atoms with Gasteiger partial charge in [-0.15, -0.1) is 0 Å². The molecule has 0 spiro atoms. The highest BCUT2D eigenvalue weighted by Gasteiger charge is 2.26. The van der Waals surface area contributed by atoms with Gasteiger partial charge >= 0.3 is 0 Å². The van der Waals surface area contributed by atoms with E-state index in [0.717, 1.165) is 0 Å². The van der Waals surface area contributed by atoms with E-state index in [4.69, 9.17) is 5.84 Å². The summed E-state index contributed by atoms with van der Waals surface area (Å²) in [7, 11) is -1.84. The van der Waals surface area contributed by atoms with Gasteiger partial charge in [0.1, 0.15) is 0 Å². The van der Waals surface area contributed by atoms with Crippen molar-refractivity contribution in [1.29, 1.82) is 0 Å². The fraction of sp³-hybridized carbons (Fsp3) is 0.500. The van der Waals surface area contributed by atoms with Crippen LogP contribution in [0.1, 0.15) is 20.8 Å². The molecule has 0 aliphatic rings. The molecular formula is C12H21N3O2S. The van der Waals surface area contributed by atoms with Crippen LogP contribution >= 0.6 is 0 Å². The van der Waals surface area contributed by atoms with Gasteiger partial charge in [0.05, 0.1) is 4.90 Å². The summed E-state index contributed by atoms with van der Waals surface area (Å²) in [6.07, 6.45) is 0. The zero-order valence-corrected chi connectivity index (χ0v) is 12.0. The van der Waals surface area contributed by atoms with Crippen LogP contribution in [0.25, 0.3) is 0 Å². The van der Waals surface area contributed by atoms with Gasteiger partial charge in [-0.1, -0.05) is 13.8 Å². The third-order valence-electron chi connectivity index (χ3n) is 3.24. The van der Waals surface area contributed by atoms with E-state index >= 15 is 0 Å². The van der Waals surface area contributed by atoms with Crippen molar-refractivity contribution in [3.63, 3.8) is 0 Å². The molecule has 0 heterocycles. The molecule has 0 fully saturated rings. The lowest BCUT2D eigenvalue weighted by molar-refractivity contribution is 0.316. The van der Waals surface area contributed by atoms with E-state index in [0.29, 0.717) is 5.69 Å². The quantitative estimate of drug-likeness (QED) is 0.630. The highest BCUT2D eigenvalue weighted by atomic mass is 32.2. The largest absolute Gasteiger partial charge is 0.324 e. The van der Waals surface area contributed by atoms with Crippen LogP contribution in [0, 0.1) is 5.92 Å². The minimum atomic E-state index is -3.44. The summed E-state index contributed by atoms with van der Waals surface area (Å²) in [5.74, 6) is 5.51. The van der Waals surface area contributed by atoms with Crippen LogP contribution in [0.2, 0.25) is 0 Å². The molecule has 1 atom stereocenters. The van der Waals surface area contributed by atoms with Crippen LogP contribution in [0.15, 0.2) is 29.2 Å². The predicted molar refractivity (Wildman–Crippen MR) is 73.5 cm³/mol. The second kappa shape index (κ2) is 5.69. The van der Waals surface area contributed by atoms with E-state index in [2.05, 4.69) is 5.43 Å². The van der Waals surface area contributed by atoms with Gasteiger partial charge in [0, 0.05) is 18.8 Å². The maximum absolute atomic E-state index is 12.4. The number of anilines is 1. The number of nitrogen functional groups attached to an aromatic ring is 1. The molecule has 1 unspecified atom stereocenters. The number of nitrogens with one attached hydrogen (secondary N) is 1. The summed E-state index contributed by atoms with van der Waals surface area (Å²) < 4.78 is 26.1. The summed E-state index contributed by atoms with van der Waals surface area (Å²) in [5, 5.41) is 0. The van der Waals surface area contributed by atoms with E-state index in [1.165, 1.54) is 4.31 Å². The van der Waals surface area contributed by atoms with Crippen molar-refractivity contribution in [3.05, 3.63) is 24.3 Å². The molecule has 5 nitrogen and oxygen atoms in total. The van der Waals surface area contributed by atoms with Crippen LogP contribution in [0.3, 0.4) is 0 Å². The Labute approximate surface area is 109 Å². The van der Waals surface area contributed by atoms with Gasteiger partial charge in [0.2, 0.25) is 10.0 Å². The van der Waals surface area contributed by atoms with Gasteiger partial charge in [0.25, 0.3) is 0 Å². The normalized spacial score (nSPS) is 13.9. The summed E-state index contributed by atoms with van der Waals surface area (Å²) >= 11 is 0. The van der Waals surface area contributed by atoms with Crippen LogP contribution < -0.4 is 11.3 Å². The standard InChI is InChI=1S/C12H21N3O2S/c1-9(2)10(3)15(4)18(16,17)12-7-5-11(14-13)6-8-12/h5-10,14H,13H2,1-4H3. The summed E-state index contributed by atoms with van der Waals surface area (Å²) in [4.78, 5) is 0.275. The number of rotatable bonds is 5.